The Morgan fingerprint density at radius 1 is 0.868 bits per heavy atom. The first-order chi connectivity index (χ1) is 18.0. The Balaban J connectivity index is 2.10. The molecule has 2 aromatic carbocycles. The summed E-state index contributed by atoms with van der Waals surface area (Å²) in [4.78, 5) is 13.4. The van der Waals surface area contributed by atoms with E-state index in [4.69, 9.17) is 4.43 Å². The summed E-state index contributed by atoms with van der Waals surface area (Å²) in [6.07, 6.45) is 12.9. The number of carbonyl (C=O) groups is 1. The molecule has 0 heterocycles. The lowest BCUT2D eigenvalue weighted by Crippen LogP contribution is -2.67. The molecular formula is C35H48O2Si. The molecule has 0 fully saturated rings. The Hall–Kier alpha value is -2.49. The van der Waals surface area contributed by atoms with Crippen LogP contribution in [0.2, 0.25) is 5.04 Å². The van der Waals surface area contributed by atoms with Crippen molar-refractivity contribution in [2.24, 2.45) is 11.8 Å². The second-order valence-corrected chi connectivity index (χ2v) is 16.7. The van der Waals surface area contributed by atoms with E-state index in [9.17, 15) is 4.79 Å². The van der Waals surface area contributed by atoms with Gasteiger partial charge in [-0.05, 0) is 72.9 Å². The fourth-order valence-corrected chi connectivity index (χ4v) is 10.3. The number of ketones is 1. The Labute approximate surface area is 233 Å². The third-order valence-electron chi connectivity index (χ3n) is 7.91. The van der Waals surface area contributed by atoms with Crippen LogP contribution in [-0.4, -0.2) is 20.2 Å². The number of rotatable bonds is 5. The first kappa shape index (κ1) is 30.1. The predicted octanol–water partition coefficient (Wildman–Crippen LogP) is 8.19. The van der Waals surface area contributed by atoms with E-state index in [2.05, 4.69) is 127 Å². The minimum atomic E-state index is -2.78. The van der Waals surface area contributed by atoms with Gasteiger partial charge in [-0.3, -0.25) is 4.79 Å². The molecule has 1 aliphatic carbocycles. The molecule has 0 aliphatic heterocycles. The summed E-state index contributed by atoms with van der Waals surface area (Å²) in [6, 6.07) is 21.4. The molecule has 3 heteroatoms. The Kier molecular flexibility index (Phi) is 10.7. The fourth-order valence-electron chi connectivity index (χ4n) is 5.65. The van der Waals surface area contributed by atoms with Gasteiger partial charge in [0, 0.05) is 6.42 Å². The van der Waals surface area contributed by atoms with Crippen LogP contribution in [0.15, 0.2) is 96.1 Å². The molecule has 2 aromatic rings. The summed E-state index contributed by atoms with van der Waals surface area (Å²) >= 11 is 0. The van der Waals surface area contributed by atoms with Gasteiger partial charge in [0.15, 0.2) is 5.78 Å². The molecule has 0 aromatic heterocycles. The van der Waals surface area contributed by atoms with Gasteiger partial charge in [-0.15, -0.1) is 0 Å². The van der Waals surface area contributed by atoms with E-state index < -0.39 is 8.32 Å². The third kappa shape index (κ3) is 7.77. The van der Waals surface area contributed by atoms with Gasteiger partial charge >= 0.3 is 0 Å². The second-order valence-electron chi connectivity index (χ2n) is 12.4. The van der Waals surface area contributed by atoms with Gasteiger partial charge in [0.2, 0.25) is 0 Å². The van der Waals surface area contributed by atoms with Crippen LogP contribution in [-0.2, 0) is 9.22 Å². The van der Waals surface area contributed by atoms with Crippen molar-refractivity contribution in [2.45, 2.75) is 91.7 Å². The molecule has 0 N–H and O–H groups in total. The van der Waals surface area contributed by atoms with Crippen molar-refractivity contribution in [3.63, 3.8) is 0 Å². The molecule has 0 spiro atoms. The summed E-state index contributed by atoms with van der Waals surface area (Å²) < 4.78 is 7.40. The van der Waals surface area contributed by atoms with Gasteiger partial charge in [0.05, 0.1) is 6.10 Å². The van der Waals surface area contributed by atoms with Crippen LogP contribution in [0.3, 0.4) is 0 Å². The maximum absolute atomic E-state index is 13.4. The fraction of sp³-hybridized carbons (Fsp3) is 0.457. The van der Waals surface area contributed by atoms with Crippen LogP contribution in [0.5, 0.6) is 0 Å². The van der Waals surface area contributed by atoms with Crippen LogP contribution < -0.4 is 10.4 Å². The summed E-state index contributed by atoms with van der Waals surface area (Å²) in [7, 11) is -2.78. The molecule has 0 saturated carbocycles. The first-order valence-corrected chi connectivity index (χ1v) is 16.3. The highest BCUT2D eigenvalue weighted by Gasteiger charge is 2.51. The van der Waals surface area contributed by atoms with E-state index in [1.54, 1.807) is 0 Å². The molecule has 3 rings (SSSR count). The van der Waals surface area contributed by atoms with Gasteiger partial charge in [-0.25, -0.2) is 0 Å². The Morgan fingerprint density at radius 3 is 1.97 bits per heavy atom. The normalized spacial score (nSPS) is 24.2. The molecule has 0 bridgehead atoms. The Morgan fingerprint density at radius 2 is 1.45 bits per heavy atom. The summed E-state index contributed by atoms with van der Waals surface area (Å²) in [6.45, 7) is 15.8. The summed E-state index contributed by atoms with van der Waals surface area (Å²) in [5, 5.41) is 2.34. The number of hydrogen-bond acceptors (Lipinski definition) is 2. The molecule has 2 nitrogen and oxygen atoms in total. The molecule has 2 atom stereocenters. The lowest BCUT2D eigenvalue weighted by atomic mass is 9.88. The Bertz CT molecular complexity index is 1080. The highest BCUT2D eigenvalue weighted by atomic mass is 28.4. The summed E-state index contributed by atoms with van der Waals surface area (Å²) in [5.41, 5.74) is 2.73. The number of carbonyl (C=O) groups excluding carboxylic acids is 1. The van der Waals surface area contributed by atoms with E-state index in [1.807, 2.05) is 6.08 Å². The van der Waals surface area contributed by atoms with Crippen LogP contribution in [0, 0.1) is 11.8 Å². The summed E-state index contributed by atoms with van der Waals surface area (Å²) in [5.74, 6) is 1.05. The zero-order valence-electron chi connectivity index (χ0n) is 24.7. The van der Waals surface area contributed by atoms with Gasteiger partial charge < -0.3 is 4.43 Å². The molecular weight excluding hydrogens is 480 g/mol. The molecule has 0 unspecified atom stereocenters. The van der Waals surface area contributed by atoms with Crippen LogP contribution in [0.1, 0.15) is 80.6 Å². The molecule has 38 heavy (non-hydrogen) atoms. The number of hydrogen-bond donors (Lipinski definition) is 0. The standard InChI is InChI=1S/C35H48O2Si/c1-27(2)30-22-21-28(3)15-14-16-29(4)25-32(26-31(36)24-23-30)37-38(35(5,6)7,33-17-10-8-11-18-33)34-19-12-9-13-20-34/h8-13,15,17-20,23-25,27,30,32H,14,16,21-22,26H2,1-7H3/b24-23+,28-15+,29-25-/t30-,32+/m1/s1. The highest BCUT2D eigenvalue weighted by Crippen LogP contribution is 2.38. The molecule has 204 valence electrons. The van der Waals surface area contributed by atoms with Crippen molar-refractivity contribution in [1.82, 2.24) is 0 Å². The minimum absolute atomic E-state index is 0.141. The van der Waals surface area contributed by atoms with E-state index in [0.717, 1.165) is 25.7 Å². The largest absolute Gasteiger partial charge is 0.401 e. The van der Waals surface area contributed by atoms with Crippen molar-refractivity contribution in [2.75, 3.05) is 0 Å². The SMILES string of the molecule is C/C1=C/[C@H](O[Si](c2ccccc2)(c2ccccc2)C(C)(C)C)CC(=O)/C=C/[C@H](C(C)C)CC/C(C)=C/CC1. The zero-order valence-corrected chi connectivity index (χ0v) is 25.7. The predicted molar refractivity (Wildman–Crippen MR) is 166 cm³/mol. The average Bonchev–Trinajstić information content (AvgIpc) is 2.86. The highest BCUT2D eigenvalue weighted by molar-refractivity contribution is 6.99. The van der Waals surface area contributed by atoms with E-state index in [1.165, 1.54) is 21.5 Å². The molecule has 0 amide bonds. The van der Waals surface area contributed by atoms with Crippen molar-refractivity contribution >= 4 is 24.5 Å². The minimum Gasteiger partial charge on any atom is -0.401 e. The lowest BCUT2D eigenvalue weighted by molar-refractivity contribution is -0.115. The smallest absolute Gasteiger partial charge is 0.261 e. The third-order valence-corrected chi connectivity index (χ3v) is 13.0. The molecule has 1 aliphatic rings. The average molecular weight is 529 g/mol. The van der Waals surface area contributed by atoms with Crippen molar-refractivity contribution < 1.29 is 9.22 Å². The first-order valence-electron chi connectivity index (χ1n) is 14.4. The topological polar surface area (TPSA) is 26.3 Å². The van der Waals surface area contributed by atoms with Crippen LogP contribution in [0.25, 0.3) is 0 Å². The van der Waals surface area contributed by atoms with Crippen molar-refractivity contribution in [3.05, 3.63) is 96.1 Å². The maximum atomic E-state index is 13.4. The number of benzene rings is 2. The number of allylic oxidation sites excluding steroid dienone is 5. The van der Waals surface area contributed by atoms with E-state index >= 15 is 0 Å². The quantitative estimate of drug-likeness (QED) is 0.289. The zero-order chi connectivity index (χ0) is 27.8. The van der Waals surface area contributed by atoms with Crippen LogP contribution >= 0.6 is 0 Å². The van der Waals surface area contributed by atoms with E-state index in [0.29, 0.717) is 18.3 Å². The molecule has 0 radical (unpaired) electrons. The van der Waals surface area contributed by atoms with Gasteiger partial charge in [0.25, 0.3) is 8.32 Å². The van der Waals surface area contributed by atoms with Crippen molar-refractivity contribution in [1.29, 1.82) is 0 Å². The van der Waals surface area contributed by atoms with Crippen LogP contribution in [0.4, 0.5) is 0 Å². The molecule has 0 saturated heterocycles. The monoisotopic (exact) mass is 528 g/mol. The second kappa shape index (κ2) is 13.5. The van der Waals surface area contributed by atoms with Gasteiger partial charge in [-0.2, -0.15) is 0 Å². The van der Waals surface area contributed by atoms with Gasteiger partial charge in [0.1, 0.15) is 0 Å². The maximum Gasteiger partial charge on any atom is 0.261 e. The lowest BCUT2D eigenvalue weighted by Gasteiger charge is -2.44. The van der Waals surface area contributed by atoms with Gasteiger partial charge in [-0.1, -0.05) is 125 Å². The van der Waals surface area contributed by atoms with E-state index in [-0.39, 0.29) is 16.9 Å². The van der Waals surface area contributed by atoms with Crippen molar-refractivity contribution in [3.8, 4) is 0 Å².